The van der Waals surface area contributed by atoms with Crippen LogP contribution in [0.4, 0.5) is 0 Å². The van der Waals surface area contributed by atoms with Crippen molar-refractivity contribution in [1.82, 2.24) is 10.2 Å². The maximum atomic E-state index is 13.1. The molecule has 1 N–H and O–H groups in total. The minimum absolute atomic E-state index is 0.146. The zero-order valence-corrected chi connectivity index (χ0v) is 17.0. The molecule has 0 radical (unpaired) electrons. The number of nitrogens with one attached hydrogen (secondary N) is 1. The first kappa shape index (κ1) is 19.1. The first-order valence-electron chi connectivity index (χ1n) is 8.27. The SMILES string of the molecule is CC1(C)SC(=S)N(Cc2ccccc2)C(=O)C1NC(=O)Cc1cccs1. The van der Waals surface area contributed by atoms with E-state index in [9.17, 15) is 9.59 Å². The summed E-state index contributed by atoms with van der Waals surface area (Å²) < 4.78 is 0.0551. The summed E-state index contributed by atoms with van der Waals surface area (Å²) in [5.41, 5.74) is 1.01. The molecule has 0 aliphatic carbocycles. The fourth-order valence-electron chi connectivity index (χ4n) is 2.81. The number of rotatable bonds is 5. The molecular formula is C19H20N2O2S3. The van der Waals surface area contributed by atoms with E-state index in [1.807, 2.05) is 61.7 Å². The molecule has 1 aliphatic rings. The van der Waals surface area contributed by atoms with E-state index in [1.54, 1.807) is 4.90 Å². The van der Waals surface area contributed by atoms with Crippen LogP contribution in [0.5, 0.6) is 0 Å². The smallest absolute Gasteiger partial charge is 0.252 e. The van der Waals surface area contributed by atoms with Gasteiger partial charge in [0.05, 0.1) is 13.0 Å². The Kier molecular flexibility index (Phi) is 5.79. The van der Waals surface area contributed by atoms with Crippen molar-refractivity contribution in [3.63, 3.8) is 0 Å². The summed E-state index contributed by atoms with van der Waals surface area (Å²) in [4.78, 5) is 28.1. The van der Waals surface area contributed by atoms with Gasteiger partial charge in [0, 0.05) is 9.62 Å². The van der Waals surface area contributed by atoms with Crippen molar-refractivity contribution < 1.29 is 9.59 Å². The Bertz CT molecular complexity index is 803. The molecule has 1 aliphatic heterocycles. The van der Waals surface area contributed by atoms with Gasteiger partial charge < -0.3 is 5.32 Å². The van der Waals surface area contributed by atoms with Crippen LogP contribution in [0.15, 0.2) is 47.8 Å². The number of amides is 2. The van der Waals surface area contributed by atoms with Crippen LogP contribution in [-0.4, -0.2) is 31.8 Å². The van der Waals surface area contributed by atoms with E-state index in [4.69, 9.17) is 12.2 Å². The molecule has 2 aromatic rings. The predicted octanol–water partition coefficient (Wildman–Crippen LogP) is 3.61. The summed E-state index contributed by atoms with van der Waals surface area (Å²) in [6.07, 6.45) is 0.283. The van der Waals surface area contributed by atoms with Crippen LogP contribution in [0.25, 0.3) is 0 Å². The third kappa shape index (κ3) is 4.34. The zero-order chi connectivity index (χ0) is 18.7. The average molecular weight is 405 g/mol. The van der Waals surface area contributed by atoms with Crippen LogP contribution >= 0.6 is 35.3 Å². The fourth-order valence-corrected chi connectivity index (χ4v) is 5.30. The summed E-state index contributed by atoms with van der Waals surface area (Å²) >= 11 is 8.46. The number of carbonyl (C=O) groups excluding carboxylic acids is 2. The van der Waals surface area contributed by atoms with Crippen LogP contribution in [0.3, 0.4) is 0 Å². The number of thioether (sulfide) groups is 1. The van der Waals surface area contributed by atoms with Gasteiger partial charge in [0.15, 0.2) is 0 Å². The lowest BCUT2D eigenvalue weighted by Crippen LogP contribution is -2.62. The van der Waals surface area contributed by atoms with E-state index in [1.165, 1.54) is 23.1 Å². The molecule has 1 aromatic heterocycles. The third-order valence-corrected chi connectivity index (χ3v) is 6.69. The monoisotopic (exact) mass is 404 g/mol. The zero-order valence-electron chi connectivity index (χ0n) is 14.6. The van der Waals surface area contributed by atoms with Gasteiger partial charge in [0.2, 0.25) is 5.91 Å². The van der Waals surface area contributed by atoms with Gasteiger partial charge in [-0.05, 0) is 30.9 Å². The molecule has 1 atom stereocenters. The first-order valence-corrected chi connectivity index (χ1v) is 10.4. The maximum Gasteiger partial charge on any atom is 0.252 e. The van der Waals surface area contributed by atoms with Crippen molar-refractivity contribution in [2.24, 2.45) is 0 Å². The summed E-state index contributed by atoms with van der Waals surface area (Å²) in [7, 11) is 0. The Hall–Kier alpha value is -1.70. The molecule has 0 saturated carbocycles. The minimum Gasteiger partial charge on any atom is -0.343 e. The summed E-state index contributed by atoms with van der Waals surface area (Å²) in [6.45, 7) is 4.30. The molecule has 1 fully saturated rings. The van der Waals surface area contributed by atoms with E-state index in [2.05, 4.69) is 5.32 Å². The highest BCUT2D eigenvalue weighted by Crippen LogP contribution is 2.37. The Morgan fingerprint density at radius 3 is 2.62 bits per heavy atom. The molecule has 1 saturated heterocycles. The van der Waals surface area contributed by atoms with Crippen molar-refractivity contribution in [2.45, 2.75) is 37.6 Å². The van der Waals surface area contributed by atoms with Crippen LogP contribution in [0.2, 0.25) is 0 Å². The van der Waals surface area contributed by atoms with Crippen LogP contribution in [0, 0.1) is 0 Å². The van der Waals surface area contributed by atoms with Gasteiger partial charge >= 0.3 is 0 Å². The molecule has 1 unspecified atom stereocenters. The Morgan fingerprint density at radius 2 is 1.96 bits per heavy atom. The average Bonchev–Trinajstić information content (AvgIpc) is 3.09. The van der Waals surface area contributed by atoms with Crippen LogP contribution < -0.4 is 5.32 Å². The highest BCUT2D eigenvalue weighted by molar-refractivity contribution is 8.24. The standard InChI is InChI=1S/C19H20N2O2S3/c1-19(2)16(20-15(22)11-14-9-6-10-25-14)17(23)21(18(24)26-19)12-13-7-4-3-5-8-13/h3-10,16H,11-12H2,1-2H3,(H,20,22). The minimum atomic E-state index is -0.615. The quantitative estimate of drug-likeness (QED) is 0.774. The van der Waals surface area contributed by atoms with E-state index in [0.29, 0.717) is 10.9 Å². The van der Waals surface area contributed by atoms with Gasteiger partial charge in [-0.2, -0.15) is 0 Å². The molecule has 0 bridgehead atoms. The molecule has 1 aromatic carbocycles. The number of hydrogen-bond acceptors (Lipinski definition) is 5. The van der Waals surface area contributed by atoms with Crippen molar-refractivity contribution >= 4 is 51.5 Å². The lowest BCUT2D eigenvalue weighted by atomic mass is 10.0. The second kappa shape index (κ2) is 7.90. The molecular weight excluding hydrogens is 384 g/mol. The molecule has 4 nitrogen and oxygen atoms in total. The van der Waals surface area contributed by atoms with Gasteiger partial charge in [-0.1, -0.05) is 60.4 Å². The first-order chi connectivity index (χ1) is 12.4. The number of benzene rings is 1. The van der Waals surface area contributed by atoms with Gasteiger partial charge in [0.1, 0.15) is 10.4 Å². The molecule has 3 rings (SSSR count). The second-order valence-corrected chi connectivity index (χ2v) is 9.96. The lowest BCUT2D eigenvalue weighted by Gasteiger charge is -2.42. The molecule has 7 heteroatoms. The predicted molar refractivity (Wildman–Crippen MR) is 111 cm³/mol. The molecule has 0 spiro atoms. The van der Waals surface area contributed by atoms with Gasteiger partial charge in [0.25, 0.3) is 5.91 Å². The maximum absolute atomic E-state index is 13.1. The van der Waals surface area contributed by atoms with Crippen molar-refractivity contribution in [3.05, 3.63) is 58.3 Å². The summed E-state index contributed by atoms with van der Waals surface area (Å²) in [5, 5.41) is 4.87. The lowest BCUT2D eigenvalue weighted by molar-refractivity contribution is -0.134. The van der Waals surface area contributed by atoms with Crippen molar-refractivity contribution in [1.29, 1.82) is 0 Å². The normalized spacial score (nSPS) is 19.5. The van der Waals surface area contributed by atoms with E-state index in [0.717, 1.165) is 10.4 Å². The Morgan fingerprint density at radius 1 is 1.23 bits per heavy atom. The fraction of sp³-hybridized carbons (Fsp3) is 0.316. The highest BCUT2D eigenvalue weighted by Gasteiger charge is 2.46. The van der Waals surface area contributed by atoms with Gasteiger partial charge in [-0.15, -0.1) is 11.3 Å². The number of hydrogen-bond donors (Lipinski definition) is 1. The molecule has 2 amide bonds. The molecule has 136 valence electrons. The van der Waals surface area contributed by atoms with Crippen LogP contribution in [0.1, 0.15) is 24.3 Å². The topological polar surface area (TPSA) is 49.4 Å². The molecule has 2 heterocycles. The third-order valence-electron chi connectivity index (χ3n) is 4.18. The van der Waals surface area contributed by atoms with Crippen molar-refractivity contribution in [2.75, 3.05) is 0 Å². The Balaban J connectivity index is 1.75. The molecule has 26 heavy (non-hydrogen) atoms. The van der Waals surface area contributed by atoms with E-state index < -0.39 is 10.8 Å². The number of carbonyl (C=O) groups is 2. The van der Waals surface area contributed by atoms with E-state index in [-0.39, 0.29) is 18.2 Å². The summed E-state index contributed by atoms with van der Waals surface area (Å²) in [6, 6.07) is 13.0. The number of thiocarbonyl (C=S) groups is 1. The van der Waals surface area contributed by atoms with Gasteiger partial charge in [-0.25, -0.2) is 0 Å². The van der Waals surface area contributed by atoms with Crippen molar-refractivity contribution in [3.8, 4) is 0 Å². The largest absolute Gasteiger partial charge is 0.343 e. The second-order valence-electron chi connectivity index (χ2n) is 6.64. The van der Waals surface area contributed by atoms with Gasteiger partial charge in [-0.3, -0.25) is 14.5 Å². The summed E-state index contributed by atoms with van der Waals surface area (Å²) in [5.74, 6) is -0.297. The number of nitrogens with zero attached hydrogens (tertiary/aromatic N) is 1. The highest BCUT2D eigenvalue weighted by atomic mass is 32.2. The Labute approximate surface area is 167 Å². The van der Waals surface area contributed by atoms with Crippen LogP contribution in [-0.2, 0) is 22.6 Å². The van der Waals surface area contributed by atoms with E-state index >= 15 is 0 Å². The number of thiophene rings is 1.